The summed E-state index contributed by atoms with van der Waals surface area (Å²) in [6, 6.07) is 7.21. The average Bonchev–Trinajstić information content (AvgIpc) is 3.46. The molecule has 0 radical (unpaired) electrons. The van der Waals surface area contributed by atoms with Crippen LogP contribution in [0.4, 0.5) is 4.39 Å². The van der Waals surface area contributed by atoms with Crippen LogP contribution in [0.5, 0.6) is 0 Å². The van der Waals surface area contributed by atoms with E-state index in [1.54, 1.807) is 6.26 Å². The minimum Gasteiger partial charge on any atom is -0.463 e. The zero-order valence-electron chi connectivity index (χ0n) is 17.4. The van der Waals surface area contributed by atoms with E-state index in [9.17, 15) is 4.39 Å². The smallest absolute Gasteiger partial charge is 0.181 e. The Kier molecular flexibility index (Phi) is 4.37. The first kappa shape index (κ1) is 18.7. The second-order valence-corrected chi connectivity index (χ2v) is 9.07. The first-order chi connectivity index (χ1) is 15.2. The molecule has 2 bridgehead atoms. The molecule has 3 aliphatic carbocycles. The van der Waals surface area contributed by atoms with E-state index < -0.39 is 5.82 Å². The van der Waals surface area contributed by atoms with E-state index in [1.165, 1.54) is 31.7 Å². The number of hydrogen-bond donors (Lipinski definition) is 1. The Balaban J connectivity index is 1.44. The third-order valence-electron chi connectivity index (χ3n) is 7.44. The molecule has 3 saturated carbocycles. The first-order valence-electron chi connectivity index (χ1n) is 11.1. The molecule has 4 heterocycles. The predicted octanol–water partition coefficient (Wildman–Crippen LogP) is 5.43. The first-order valence-corrected chi connectivity index (χ1v) is 11.1. The highest BCUT2D eigenvalue weighted by Gasteiger charge is 2.41. The SMILES string of the molecule is CC1C2CCC(CC2)C1Cc1cc(-c2ccco2)nc(-c2[nH]nc3ncc(F)cc23)n1. The molecule has 0 saturated heterocycles. The maximum atomic E-state index is 13.9. The Morgan fingerprint density at radius 1 is 1.13 bits per heavy atom. The fourth-order valence-electron chi connectivity index (χ4n) is 5.78. The van der Waals surface area contributed by atoms with Crippen LogP contribution >= 0.6 is 0 Å². The third-order valence-corrected chi connectivity index (χ3v) is 7.44. The Labute approximate surface area is 179 Å². The molecule has 4 aromatic rings. The molecule has 2 atom stereocenters. The highest BCUT2D eigenvalue weighted by Crippen LogP contribution is 2.49. The van der Waals surface area contributed by atoms with E-state index in [0.717, 1.165) is 35.8 Å². The highest BCUT2D eigenvalue weighted by atomic mass is 19.1. The Morgan fingerprint density at radius 3 is 2.74 bits per heavy atom. The summed E-state index contributed by atoms with van der Waals surface area (Å²) in [7, 11) is 0. The van der Waals surface area contributed by atoms with Crippen LogP contribution in [0.1, 0.15) is 38.3 Å². The highest BCUT2D eigenvalue weighted by molar-refractivity contribution is 5.88. The molecule has 158 valence electrons. The Hall–Kier alpha value is -3.09. The van der Waals surface area contributed by atoms with Crippen LogP contribution in [0.2, 0.25) is 0 Å². The van der Waals surface area contributed by atoms with Crippen LogP contribution < -0.4 is 0 Å². The summed E-state index contributed by atoms with van der Waals surface area (Å²) in [5.74, 6) is 3.73. The Bertz CT molecular complexity index is 1220. The minimum atomic E-state index is -0.412. The molecule has 31 heavy (non-hydrogen) atoms. The van der Waals surface area contributed by atoms with Crippen molar-refractivity contribution in [3.05, 3.63) is 48.2 Å². The zero-order chi connectivity index (χ0) is 20.9. The summed E-state index contributed by atoms with van der Waals surface area (Å²) >= 11 is 0. The molecule has 0 aromatic carbocycles. The number of pyridine rings is 1. The molecule has 2 unspecified atom stereocenters. The minimum absolute atomic E-state index is 0.412. The van der Waals surface area contributed by atoms with E-state index in [2.05, 4.69) is 22.1 Å². The molecular formula is C24H24FN5O. The summed E-state index contributed by atoms with van der Waals surface area (Å²) in [4.78, 5) is 13.7. The van der Waals surface area contributed by atoms with Crippen molar-refractivity contribution < 1.29 is 8.81 Å². The fraction of sp³-hybridized carbons (Fsp3) is 0.417. The van der Waals surface area contributed by atoms with Crippen molar-refractivity contribution in [3.63, 3.8) is 0 Å². The van der Waals surface area contributed by atoms with E-state index in [1.807, 2.05) is 18.2 Å². The van der Waals surface area contributed by atoms with E-state index in [0.29, 0.717) is 40.1 Å². The van der Waals surface area contributed by atoms with Crippen LogP contribution in [0, 0.1) is 29.5 Å². The van der Waals surface area contributed by atoms with Crippen LogP contribution in [0.3, 0.4) is 0 Å². The number of aromatic nitrogens is 5. The molecule has 0 spiro atoms. The van der Waals surface area contributed by atoms with Crippen molar-refractivity contribution >= 4 is 11.0 Å². The molecule has 0 amide bonds. The third kappa shape index (κ3) is 3.23. The lowest BCUT2D eigenvalue weighted by molar-refractivity contribution is 0.0339. The van der Waals surface area contributed by atoms with Gasteiger partial charge in [-0.15, -0.1) is 0 Å². The van der Waals surface area contributed by atoms with E-state index >= 15 is 0 Å². The number of rotatable bonds is 4. The van der Waals surface area contributed by atoms with Gasteiger partial charge in [-0.1, -0.05) is 6.92 Å². The number of halogens is 1. The number of aromatic amines is 1. The van der Waals surface area contributed by atoms with Crippen LogP contribution in [0.25, 0.3) is 34.0 Å². The van der Waals surface area contributed by atoms with Crippen molar-refractivity contribution in [2.24, 2.45) is 23.7 Å². The topological polar surface area (TPSA) is 80.5 Å². The lowest BCUT2D eigenvalue weighted by Gasteiger charge is -2.47. The normalized spacial score (nSPS) is 25.4. The maximum absolute atomic E-state index is 13.9. The largest absolute Gasteiger partial charge is 0.463 e. The zero-order valence-corrected chi connectivity index (χ0v) is 17.4. The van der Waals surface area contributed by atoms with Gasteiger partial charge in [-0.3, -0.25) is 5.10 Å². The van der Waals surface area contributed by atoms with Crippen molar-refractivity contribution in [2.75, 3.05) is 0 Å². The summed E-state index contributed by atoms with van der Waals surface area (Å²) < 4.78 is 19.5. The molecule has 0 aliphatic heterocycles. The van der Waals surface area contributed by atoms with Crippen LogP contribution in [-0.4, -0.2) is 25.1 Å². The molecule has 3 fully saturated rings. The molecule has 1 N–H and O–H groups in total. The molecule has 4 aromatic heterocycles. The van der Waals surface area contributed by atoms with Gasteiger partial charge in [0.2, 0.25) is 0 Å². The van der Waals surface area contributed by atoms with Crippen LogP contribution in [-0.2, 0) is 6.42 Å². The monoisotopic (exact) mass is 417 g/mol. The van der Waals surface area contributed by atoms with Gasteiger partial charge in [0.15, 0.2) is 17.2 Å². The van der Waals surface area contributed by atoms with Crippen molar-refractivity contribution in [2.45, 2.75) is 39.0 Å². The maximum Gasteiger partial charge on any atom is 0.181 e. The van der Waals surface area contributed by atoms with Crippen molar-refractivity contribution in [3.8, 4) is 23.0 Å². The van der Waals surface area contributed by atoms with E-state index in [4.69, 9.17) is 14.4 Å². The summed E-state index contributed by atoms with van der Waals surface area (Å²) in [6.45, 7) is 2.41. The number of H-pyrrole nitrogens is 1. The van der Waals surface area contributed by atoms with Gasteiger partial charge >= 0.3 is 0 Å². The van der Waals surface area contributed by atoms with Crippen LogP contribution in [0.15, 0.2) is 41.1 Å². The fourth-order valence-corrected chi connectivity index (χ4v) is 5.78. The van der Waals surface area contributed by atoms with Gasteiger partial charge in [0.25, 0.3) is 0 Å². The average molecular weight is 417 g/mol. The van der Waals surface area contributed by atoms with Gasteiger partial charge in [-0.25, -0.2) is 19.3 Å². The van der Waals surface area contributed by atoms with Gasteiger partial charge in [0, 0.05) is 5.69 Å². The number of hydrogen-bond acceptors (Lipinski definition) is 5. The quantitative estimate of drug-likeness (QED) is 0.479. The second kappa shape index (κ2) is 7.25. The molecule has 6 nitrogen and oxygen atoms in total. The molecule has 3 aliphatic rings. The van der Waals surface area contributed by atoms with Gasteiger partial charge in [0.05, 0.1) is 17.8 Å². The summed E-state index contributed by atoms with van der Waals surface area (Å²) in [6.07, 6.45) is 9.13. The van der Waals surface area contributed by atoms with Crippen molar-refractivity contribution in [1.29, 1.82) is 0 Å². The van der Waals surface area contributed by atoms with Gasteiger partial charge in [-0.05, 0) is 80.0 Å². The number of nitrogens with zero attached hydrogens (tertiary/aromatic N) is 4. The van der Waals surface area contributed by atoms with Crippen molar-refractivity contribution in [1.82, 2.24) is 25.1 Å². The summed E-state index contributed by atoms with van der Waals surface area (Å²) in [5, 5.41) is 7.75. The number of fused-ring (bicyclic) bond motifs is 4. The van der Waals surface area contributed by atoms with Gasteiger partial charge < -0.3 is 4.42 Å². The van der Waals surface area contributed by atoms with E-state index in [-0.39, 0.29) is 0 Å². The predicted molar refractivity (Wildman–Crippen MR) is 114 cm³/mol. The standard InChI is InChI=1S/C24H24FN5O/c1-13-14-4-6-15(7-5-14)18(13)10-17-11-20(21-3-2-8-31-21)28-24(27-17)22-19-9-16(25)12-26-23(19)30-29-22/h2-3,8-9,11-15,18H,4-7,10H2,1H3,(H,26,29,30). The lowest BCUT2D eigenvalue weighted by Crippen LogP contribution is -2.39. The van der Waals surface area contributed by atoms with Gasteiger partial charge in [-0.2, -0.15) is 5.10 Å². The Morgan fingerprint density at radius 2 is 1.97 bits per heavy atom. The number of furan rings is 1. The van der Waals surface area contributed by atoms with Gasteiger partial charge in [0.1, 0.15) is 17.2 Å². The lowest BCUT2D eigenvalue weighted by atomic mass is 9.58. The molecular weight excluding hydrogens is 393 g/mol. The number of nitrogens with one attached hydrogen (secondary N) is 1. The molecule has 7 heteroatoms. The second-order valence-electron chi connectivity index (χ2n) is 9.07. The molecule has 7 rings (SSSR count). The summed E-state index contributed by atoms with van der Waals surface area (Å²) in [5.41, 5.74) is 2.75.